The number of hydrogen-bond acceptors (Lipinski definition) is 2. The highest BCUT2D eigenvalue weighted by molar-refractivity contribution is 5.79. The number of aliphatic carboxylic acids is 1. The van der Waals surface area contributed by atoms with E-state index in [9.17, 15) is 4.79 Å². The molecule has 0 amide bonds. The largest absolute Gasteiger partial charge is 0.480 e. The first-order valence-corrected chi connectivity index (χ1v) is 4.21. The number of nitrogens with one attached hydrogen (secondary N) is 1. The van der Waals surface area contributed by atoms with E-state index in [1.54, 1.807) is 0 Å². The van der Waals surface area contributed by atoms with Crippen LogP contribution in [0.15, 0.2) is 0 Å². The van der Waals surface area contributed by atoms with Crippen molar-refractivity contribution in [3.05, 3.63) is 0 Å². The van der Waals surface area contributed by atoms with Gasteiger partial charge in [-0.1, -0.05) is 6.42 Å². The second-order valence-electron chi connectivity index (χ2n) is 3.73. The molecule has 2 atom stereocenters. The first kappa shape index (κ1) is 7.10. The Morgan fingerprint density at radius 1 is 1.64 bits per heavy atom. The maximum atomic E-state index is 10.9. The molecule has 0 spiro atoms. The Balaban J connectivity index is 2.19. The van der Waals surface area contributed by atoms with Crippen molar-refractivity contribution in [1.82, 2.24) is 5.32 Å². The molecule has 62 valence electrons. The van der Waals surface area contributed by atoms with Gasteiger partial charge in [0, 0.05) is 0 Å². The van der Waals surface area contributed by atoms with Crippen molar-refractivity contribution in [3.63, 3.8) is 0 Å². The quantitative estimate of drug-likeness (QED) is 0.583. The fraction of sp³-hybridized carbons (Fsp3) is 0.875. The van der Waals surface area contributed by atoms with Crippen LogP contribution in [0.5, 0.6) is 0 Å². The Morgan fingerprint density at radius 2 is 2.45 bits per heavy atom. The first-order valence-electron chi connectivity index (χ1n) is 4.21. The van der Waals surface area contributed by atoms with Crippen LogP contribution in [0, 0.1) is 5.92 Å². The standard InChI is InChI=1S/C8H13NO2/c10-7(11)8-3-1-2-6(4-8)5-9-8/h6,9H,1-5H2,(H,10,11)/t6-,8+/m1/s1. The molecule has 1 aliphatic heterocycles. The van der Waals surface area contributed by atoms with Crippen LogP contribution in [0.4, 0.5) is 0 Å². The van der Waals surface area contributed by atoms with Crippen molar-refractivity contribution >= 4 is 5.97 Å². The van der Waals surface area contributed by atoms with Crippen LogP contribution >= 0.6 is 0 Å². The lowest BCUT2D eigenvalue weighted by atomic mass is 9.80. The van der Waals surface area contributed by atoms with Gasteiger partial charge in [0.1, 0.15) is 5.54 Å². The van der Waals surface area contributed by atoms with E-state index < -0.39 is 11.5 Å². The van der Waals surface area contributed by atoms with E-state index in [0.717, 1.165) is 25.8 Å². The Bertz CT molecular complexity index is 189. The van der Waals surface area contributed by atoms with E-state index in [-0.39, 0.29) is 0 Å². The molecule has 1 saturated heterocycles. The van der Waals surface area contributed by atoms with Gasteiger partial charge in [-0.15, -0.1) is 0 Å². The van der Waals surface area contributed by atoms with Gasteiger partial charge in [0.25, 0.3) is 0 Å². The van der Waals surface area contributed by atoms with Gasteiger partial charge in [-0.2, -0.15) is 0 Å². The van der Waals surface area contributed by atoms with Crippen LogP contribution in [0.3, 0.4) is 0 Å². The summed E-state index contributed by atoms with van der Waals surface area (Å²) in [5.41, 5.74) is -0.539. The van der Waals surface area contributed by atoms with E-state index in [1.807, 2.05) is 0 Å². The van der Waals surface area contributed by atoms with Crippen molar-refractivity contribution in [3.8, 4) is 0 Å². The highest BCUT2D eigenvalue weighted by Gasteiger charge is 2.47. The summed E-state index contributed by atoms with van der Waals surface area (Å²) < 4.78 is 0. The van der Waals surface area contributed by atoms with Crippen molar-refractivity contribution in [1.29, 1.82) is 0 Å². The van der Waals surface area contributed by atoms with Crippen molar-refractivity contribution in [2.24, 2.45) is 5.92 Å². The number of carbonyl (C=O) groups is 1. The van der Waals surface area contributed by atoms with Crippen molar-refractivity contribution in [2.45, 2.75) is 31.2 Å². The average Bonchev–Trinajstić information content (AvgIpc) is 2.29. The number of hydrogen-bond donors (Lipinski definition) is 2. The Labute approximate surface area is 65.8 Å². The van der Waals surface area contributed by atoms with Gasteiger partial charge in [0.05, 0.1) is 0 Å². The monoisotopic (exact) mass is 155 g/mol. The van der Waals surface area contributed by atoms with Crippen LogP contribution < -0.4 is 5.32 Å². The summed E-state index contributed by atoms with van der Waals surface area (Å²) in [6.45, 7) is 0.909. The first-order chi connectivity index (χ1) is 5.23. The second-order valence-corrected chi connectivity index (χ2v) is 3.73. The third-order valence-corrected chi connectivity index (χ3v) is 2.99. The van der Waals surface area contributed by atoms with Crippen LogP contribution in [0.1, 0.15) is 25.7 Å². The summed E-state index contributed by atoms with van der Waals surface area (Å²) in [4.78, 5) is 10.9. The molecule has 2 rings (SSSR count). The van der Waals surface area contributed by atoms with E-state index in [4.69, 9.17) is 5.11 Å². The smallest absolute Gasteiger partial charge is 0.323 e. The third kappa shape index (κ3) is 0.948. The van der Waals surface area contributed by atoms with E-state index in [0.29, 0.717) is 5.92 Å². The molecule has 1 heterocycles. The topological polar surface area (TPSA) is 49.3 Å². The predicted octanol–water partition coefficient (Wildman–Crippen LogP) is 0.603. The molecule has 2 N–H and O–H groups in total. The molecular formula is C8H13NO2. The fourth-order valence-corrected chi connectivity index (χ4v) is 2.33. The minimum Gasteiger partial charge on any atom is -0.480 e. The molecule has 3 nitrogen and oxygen atoms in total. The second kappa shape index (κ2) is 2.21. The Kier molecular flexibility index (Phi) is 1.42. The molecule has 0 radical (unpaired) electrons. The maximum Gasteiger partial charge on any atom is 0.323 e. The summed E-state index contributed by atoms with van der Waals surface area (Å²) in [5, 5.41) is 12.1. The zero-order valence-electron chi connectivity index (χ0n) is 6.47. The van der Waals surface area contributed by atoms with E-state index in [1.165, 1.54) is 6.42 Å². The van der Waals surface area contributed by atoms with Crippen LogP contribution in [0.25, 0.3) is 0 Å². The average molecular weight is 155 g/mol. The van der Waals surface area contributed by atoms with Crippen molar-refractivity contribution < 1.29 is 9.90 Å². The molecule has 2 aliphatic rings. The van der Waals surface area contributed by atoms with Gasteiger partial charge < -0.3 is 10.4 Å². The lowest BCUT2D eigenvalue weighted by Gasteiger charge is -2.27. The number of carboxylic acid groups (broad SMARTS) is 1. The van der Waals surface area contributed by atoms with E-state index in [2.05, 4.69) is 5.32 Å². The Hall–Kier alpha value is -0.570. The normalized spacial score (nSPS) is 42.4. The lowest BCUT2D eigenvalue weighted by molar-refractivity contribution is -0.145. The summed E-state index contributed by atoms with van der Waals surface area (Å²) in [6.07, 6.45) is 3.95. The number of fused-ring (bicyclic) bond motifs is 2. The molecule has 3 heteroatoms. The molecule has 2 fully saturated rings. The van der Waals surface area contributed by atoms with Gasteiger partial charge >= 0.3 is 5.97 Å². The maximum absolute atomic E-state index is 10.9. The molecule has 0 unspecified atom stereocenters. The van der Waals surface area contributed by atoms with Gasteiger partial charge in [0.2, 0.25) is 0 Å². The van der Waals surface area contributed by atoms with Gasteiger partial charge in [0.15, 0.2) is 0 Å². The molecule has 1 aliphatic carbocycles. The summed E-state index contributed by atoms with van der Waals surface area (Å²) in [5.74, 6) is -0.0282. The molecule has 11 heavy (non-hydrogen) atoms. The SMILES string of the molecule is O=C(O)[C@@]12CCC[C@@H](CN1)C2. The van der Waals surface area contributed by atoms with E-state index >= 15 is 0 Å². The minimum absolute atomic E-state index is 0.539. The molecule has 2 bridgehead atoms. The highest BCUT2D eigenvalue weighted by Crippen LogP contribution is 2.37. The van der Waals surface area contributed by atoms with Crippen LogP contribution in [-0.2, 0) is 4.79 Å². The minimum atomic E-state index is -0.653. The van der Waals surface area contributed by atoms with Gasteiger partial charge in [-0.3, -0.25) is 4.79 Å². The number of carboxylic acids is 1. The summed E-state index contributed by atoms with van der Waals surface area (Å²) >= 11 is 0. The number of rotatable bonds is 1. The third-order valence-electron chi connectivity index (χ3n) is 2.99. The van der Waals surface area contributed by atoms with Crippen molar-refractivity contribution in [2.75, 3.05) is 6.54 Å². The predicted molar refractivity (Wildman–Crippen MR) is 40.3 cm³/mol. The summed E-state index contributed by atoms with van der Waals surface area (Å²) in [7, 11) is 0. The van der Waals surface area contributed by atoms with Crippen LogP contribution in [-0.4, -0.2) is 23.2 Å². The molecule has 1 saturated carbocycles. The molecule has 0 aromatic carbocycles. The van der Waals surface area contributed by atoms with Gasteiger partial charge in [-0.25, -0.2) is 0 Å². The zero-order chi connectivity index (χ0) is 7.90. The highest BCUT2D eigenvalue weighted by atomic mass is 16.4. The Morgan fingerprint density at radius 3 is 3.09 bits per heavy atom. The van der Waals surface area contributed by atoms with Gasteiger partial charge in [-0.05, 0) is 31.7 Å². The molecule has 0 aromatic heterocycles. The fourth-order valence-electron chi connectivity index (χ4n) is 2.33. The summed E-state index contributed by atoms with van der Waals surface area (Å²) in [6, 6.07) is 0. The zero-order valence-corrected chi connectivity index (χ0v) is 6.47. The lowest BCUT2D eigenvalue weighted by Crippen LogP contribution is -2.47. The molecular weight excluding hydrogens is 142 g/mol. The molecule has 0 aromatic rings. The van der Waals surface area contributed by atoms with Crippen LogP contribution in [0.2, 0.25) is 0 Å².